The van der Waals surface area contributed by atoms with Gasteiger partial charge in [0.05, 0.1) is 6.54 Å². The Kier molecular flexibility index (Phi) is 4.52. The fourth-order valence-corrected chi connectivity index (χ4v) is 2.54. The molecule has 1 heterocycles. The minimum Gasteiger partial charge on any atom is -0.337 e. The Hall–Kier alpha value is -2.47. The lowest BCUT2D eigenvalue weighted by Gasteiger charge is -2.14. The molecule has 1 aromatic heterocycles. The Balaban J connectivity index is 1.72. The molecular formula is C17H14BrN3O2. The van der Waals surface area contributed by atoms with Crippen molar-refractivity contribution in [3.63, 3.8) is 0 Å². The molecule has 0 N–H and O–H groups in total. The normalized spacial score (nSPS) is 10.5. The topological polar surface area (TPSA) is 59.2 Å². The molecule has 0 atom stereocenters. The Morgan fingerprint density at radius 2 is 1.96 bits per heavy atom. The van der Waals surface area contributed by atoms with Gasteiger partial charge in [0.2, 0.25) is 11.7 Å². The molecule has 0 aliphatic heterocycles. The van der Waals surface area contributed by atoms with Crippen LogP contribution in [0.3, 0.4) is 0 Å². The fourth-order valence-electron chi connectivity index (χ4n) is 2.14. The molecule has 116 valence electrons. The number of rotatable bonds is 4. The molecule has 0 bridgehead atoms. The Morgan fingerprint density at radius 1 is 1.17 bits per heavy atom. The van der Waals surface area contributed by atoms with Gasteiger partial charge in [-0.2, -0.15) is 4.98 Å². The molecule has 0 aliphatic carbocycles. The van der Waals surface area contributed by atoms with Crippen LogP contribution in [0.15, 0.2) is 63.6 Å². The smallest absolute Gasteiger partial charge is 0.254 e. The molecule has 2 aromatic carbocycles. The van der Waals surface area contributed by atoms with Crippen molar-refractivity contribution in [1.82, 2.24) is 15.0 Å². The molecule has 0 aliphatic rings. The largest absolute Gasteiger partial charge is 0.337 e. The second-order valence-corrected chi connectivity index (χ2v) is 5.96. The second-order valence-electron chi connectivity index (χ2n) is 5.05. The molecule has 0 radical (unpaired) electrons. The summed E-state index contributed by atoms with van der Waals surface area (Å²) >= 11 is 3.36. The van der Waals surface area contributed by atoms with Crippen LogP contribution in [0.2, 0.25) is 0 Å². The molecular weight excluding hydrogens is 358 g/mol. The van der Waals surface area contributed by atoms with Crippen LogP contribution in [-0.4, -0.2) is 28.0 Å². The third kappa shape index (κ3) is 3.65. The van der Waals surface area contributed by atoms with Crippen LogP contribution in [0, 0.1) is 0 Å². The summed E-state index contributed by atoms with van der Waals surface area (Å²) in [5.41, 5.74) is 1.48. The van der Waals surface area contributed by atoms with E-state index in [0.717, 1.165) is 10.0 Å². The maximum Gasteiger partial charge on any atom is 0.254 e. The van der Waals surface area contributed by atoms with Gasteiger partial charge in [0, 0.05) is 22.6 Å². The fraction of sp³-hybridized carbons (Fsp3) is 0.118. The van der Waals surface area contributed by atoms with Crippen molar-refractivity contribution in [1.29, 1.82) is 0 Å². The third-order valence-corrected chi connectivity index (χ3v) is 3.78. The predicted octanol–water partition coefficient (Wildman–Crippen LogP) is 3.77. The summed E-state index contributed by atoms with van der Waals surface area (Å²) in [4.78, 5) is 18.3. The summed E-state index contributed by atoms with van der Waals surface area (Å²) in [6.45, 7) is 0.255. The summed E-state index contributed by atoms with van der Waals surface area (Å²) < 4.78 is 6.10. The van der Waals surface area contributed by atoms with Crippen LogP contribution in [0.5, 0.6) is 0 Å². The molecule has 5 nitrogen and oxygen atoms in total. The van der Waals surface area contributed by atoms with E-state index in [-0.39, 0.29) is 12.5 Å². The van der Waals surface area contributed by atoms with Crippen LogP contribution in [0.1, 0.15) is 16.2 Å². The molecule has 0 spiro atoms. The minimum absolute atomic E-state index is 0.106. The highest BCUT2D eigenvalue weighted by atomic mass is 79.9. The predicted molar refractivity (Wildman–Crippen MR) is 89.7 cm³/mol. The standard InChI is InChI=1S/C17H14BrN3O2/c1-21(17(22)13-8-5-9-14(18)10-13)11-15-19-16(20-23-15)12-6-3-2-4-7-12/h2-10H,11H2,1H3. The van der Waals surface area contributed by atoms with E-state index >= 15 is 0 Å². The Bertz CT molecular complexity index is 817. The van der Waals surface area contributed by atoms with Gasteiger partial charge in [-0.3, -0.25) is 4.79 Å². The van der Waals surface area contributed by atoms with Gasteiger partial charge in [0.15, 0.2) is 0 Å². The highest BCUT2D eigenvalue weighted by molar-refractivity contribution is 9.10. The summed E-state index contributed by atoms with van der Waals surface area (Å²) in [6, 6.07) is 16.8. The number of hydrogen-bond donors (Lipinski definition) is 0. The van der Waals surface area contributed by atoms with E-state index in [0.29, 0.717) is 17.3 Å². The maximum absolute atomic E-state index is 12.4. The van der Waals surface area contributed by atoms with E-state index in [2.05, 4.69) is 26.1 Å². The average Bonchev–Trinajstić information content (AvgIpc) is 3.03. The van der Waals surface area contributed by atoms with E-state index in [9.17, 15) is 4.79 Å². The zero-order valence-corrected chi connectivity index (χ0v) is 14.0. The quantitative estimate of drug-likeness (QED) is 0.700. The zero-order valence-electron chi connectivity index (χ0n) is 12.4. The highest BCUT2D eigenvalue weighted by Crippen LogP contribution is 2.17. The number of benzene rings is 2. The van der Waals surface area contributed by atoms with E-state index < -0.39 is 0 Å². The van der Waals surface area contributed by atoms with Crippen molar-refractivity contribution in [3.8, 4) is 11.4 Å². The van der Waals surface area contributed by atoms with Gasteiger partial charge in [-0.15, -0.1) is 0 Å². The number of amides is 1. The number of aromatic nitrogens is 2. The lowest BCUT2D eigenvalue weighted by molar-refractivity contribution is 0.0769. The van der Waals surface area contributed by atoms with E-state index in [1.54, 1.807) is 24.1 Å². The number of carbonyl (C=O) groups excluding carboxylic acids is 1. The molecule has 3 aromatic rings. The first-order valence-electron chi connectivity index (χ1n) is 7.02. The van der Waals surface area contributed by atoms with Gasteiger partial charge in [0.25, 0.3) is 5.91 Å². The molecule has 3 rings (SSSR count). The van der Waals surface area contributed by atoms with Crippen molar-refractivity contribution in [2.75, 3.05) is 7.05 Å². The molecule has 0 saturated carbocycles. The summed E-state index contributed by atoms with van der Waals surface area (Å²) in [6.07, 6.45) is 0. The Morgan fingerprint density at radius 3 is 2.70 bits per heavy atom. The summed E-state index contributed by atoms with van der Waals surface area (Å²) in [5.74, 6) is 0.810. The first kappa shape index (κ1) is 15.4. The number of carbonyl (C=O) groups is 1. The van der Waals surface area contributed by atoms with Gasteiger partial charge in [-0.05, 0) is 18.2 Å². The van der Waals surface area contributed by atoms with Crippen LogP contribution < -0.4 is 0 Å². The van der Waals surface area contributed by atoms with Crippen molar-refractivity contribution >= 4 is 21.8 Å². The van der Waals surface area contributed by atoms with Gasteiger partial charge >= 0.3 is 0 Å². The monoisotopic (exact) mass is 371 g/mol. The first-order valence-corrected chi connectivity index (χ1v) is 7.82. The van der Waals surface area contributed by atoms with E-state index in [1.807, 2.05) is 42.5 Å². The summed E-state index contributed by atoms with van der Waals surface area (Å²) in [7, 11) is 1.70. The highest BCUT2D eigenvalue weighted by Gasteiger charge is 2.16. The van der Waals surface area contributed by atoms with Crippen molar-refractivity contribution < 1.29 is 9.32 Å². The van der Waals surface area contributed by atoms with E-state index in [1.165, 1.54) is 0 Å². The van der Waals surface area contributed by atoms with E-state index in [4.69, 9.17) is 4.52 Å². The van der Waals surface area contributed by atoms with Crippen LogP contribution >= 0.6 is 15.9 Å². The van der Waals surface area contributed by atoms with Crippen molar-refractivity contribution in [2.24, 2.45) is 0 Å². The van der Waals surface area contributed by atoms with Crippen molar-refractivity contribution in [3.05, 3.63) is 70.5 Å². The first-order chi connectivity index (χ1) is 11.1. The molecule has 0 fully saturated rings. The molecule has 0 saturated heterocycles. The minimum atomic E-state index is -0.106. The zero-order chi connectivity index (χ0) is 16.2. The molecule has 6 heteroatoms. The van der Waals surface area contributed by atoms with Crippen LogP contribution in [0.4, 0.5) is 0 Å². The third-order valence-electron chi connectivity index (χ3n) is 3.29. The lowest BCUT2D eigenvalue weighted by Crippen LogP contribution is -2.26. The molecule has 1 amide bonds. The van der Waals surface area contributed by atoms with Crippen molar-refractivity contribution in [2.45, 2.75) is 6.54 Å². The second kappa shape index (κ2) is 6.75. The number of hydrogen-bond acceptors (Lipinski definition) is 4. The van der Waals surface area contributed by atoms with Gasteiger partial charge < -0.3 is 9.42 Å². The summed E-state index contributed by atoms with van der Waals surface area (Å²) in [5, 5.41) is 3.95. The number of halogens is 1. The Labute approximate surface area is 142 Å². The van der Waals surface area contributed by atoms with Gasteiger partial charge in [0.1, 0.15) is 0 Å². The van der Waals surface area contributed by atoms with Crippen LogP contribution in [0.25, 0.3) is 11.4 Å². The molecule has 0 unspecified atom stereocenters. The SMILES string of the molecule is CN(Cc1nc(-c2ccccc2)no1)C(=O)c1cccc(Br)c1. The van der Waals surface area contributed by atoms with Crippen LogP contribution in [-0.2, 0) is 6.54 Å². The van der Waals surface area contributed by atoms with Gasteiger partial charge in [-0.1, -0.05) is 57.5 Å². The lowest BCUT2D eigenvalue weighted by atomic mass is 10.2. The van der Waals surface area contributed by atoms with Gasteiger partial charge in [-0.25, -0.2) is 0 Å². The molecule has 23 heavy (non-hydrogen) atoms. The number of nitrogens with zero attached hydrogens (tertiary/aromatic N) is 3. The average molecular weight is 372 g/mol. The maximum atomic E-state index is 12.4.